The van der Waals surface area contributed by atoms with Gasteiger partial charge in [0.05, 0.1) is 21.3 Å². The fraction of sp³-hybridized carbons (Fsp3) is 0.500. The van der Waals surface area contributed by atoms with Gasteiger partial charge in [0.2, 0.25) is 5.75 Å². The van der Waals surface area contributed by atoms with E-state index in [0.29, 0.717) is 34.5 Å². The van der Waals surface area contributed by atoms with E-state index in [1.54, 1.807) is 12.1 Å². The van der Waals surface area contributed by atoms with Gasteiger partial charge in [-0.15, -0.1) is 0 Å². The van der Waals surface area contributed by atoms with Gasteiger partial charge < -0.3 is 24.4 Å². The van der Waals surface area contributed by atoms with Gasteiger partial charge >= 0.3 is 0 Å². The van der Waals surface area contributed by atoms with Crippen LogP contribution in [0.25, 0.3) is 0 Å². The van der Waals surface area contributed by atoms with Crippen LogP contribution in [0.3, 0.4) is 0 Å². The second-order valence-electron chi connectivity index (χ2n) is 5.41. The average molecular weight is 370 g/mol. The maximum absolute atomic E-state index is 12.3. The first-order chi connectivity index (χ1) is 11.9. The molecule has 0 heterocycles. The molecule has 9 heteroatoms. The molecule has 0 bridgehead atoms. The van der Waals surface area contributed by atoms with Crippen molar-refractivity contribution in [1.29, 1.82) is 0 Å². The third-order valence-corrected chi connectivity index (χ3v) is 3.53. The standard InChI is InChI=1S/C16H26N4O4S/c1-20(2)8-6-7-17-16(25)19-18-15(21)11-9-12(22-3)14(24-5)13(10-11)23-4/h9-10H,6-8H2,1-5H3,(H,18,21)(H2,17,19,25). The molecule has 8 nitrogen and oxygen atoms in total. The maximum atomic E-state index is 12.3. The van der Waals surface area contributed by atoms with Gasteiger partial charge in [0.25, 0.3) is 5.91 Å². The van der Waals surface area contributed by atoms with Crippen LogP contribution in [0.2, 0.25) is 0 Å². The van der Waals surface area contributed by atoms with E-state index >= 15 is 0 Å². The number of benzene rings is 1. The summed E-state index contributed by atoms with van der Waals surface area (Å²) in [7, 11) is 8.50. The van der Waals surface area contributed by atoms with Crippen LogP contribution in [0.5, 0.6) is 17.2 Å². The first kappa shape index (κ1) is 20.8. The fourth-order valence-electron chi connectivity index (χ4n) is 2.04. The average Bonchev–Trinajstić information content (AvgIpc) is 2.61. The lowest BCUT2D eigenvalue weighted by Crippen LogP contribution is -2.47. The molecule has 1 aromatic rings. The number of rotatable bonds is 8. The quantitative estimate of drug-likeness (QED) is 0.352. The lowest BCUT2D eigenvalue weighted by Gasteiger charge is -2.15. The first-order valence-electron chi connectivity index (χ1n) is 7.71. The minimum absolute atomic E-state index is 0.345. The Balaban J connectivity index is 2.61. The summed E-state index contributed by atoms with van der Waals surface area (Å²) in [6.07, 6.45) is 0.940. The van der Waals surface area contributed by atoms with Gasteiger partial charge in [-0.3, -0.25) is 15.6 Å². The molecule has 25 heavy (non-hydrogen) atoms. The van der Waals surface area contributed by atoms with Gasteiger partial charge in [-0.25, -0.2) is 0 Å². The Labute approximate surface area is 153 Å². The molecule has 0 saturated carbocycles. The third kappa shape index (κ3) is 6.63. The molecule has 140 valence electrons. The Kier molecular flexibility index (Phi) is 8.79. The highest BCUT2D eigenvalue weighted by Gasteiger charge is 2.17. The summed E-state index contributed by atoms with van der Waals surface area (Å²) in [4.78, 5) is 14.4. The minimum atomic E-state index is -0.378. The molecule has 3 N–H and O–H groups in total. The van der Waals surface area contributed by atoms with Crippen molar-refractivity contribution in [3.05, 3.63) is 17.7 Å². The van der Waals surface area contributed by atoms with Crippen LogP contribution in [0.15, 0.2) is 12.1 Å². The molecule has 0 aromatic heterocycles. The summed E-state index contributed by atoms with van der Waals surface area (Å²) in [6.45, 7) is 1.66. The Morgan fingerprint density at radius 3 is 2.16 bits per heavy atom. The summed E-state index contributed by atoms with van der Waals surface area (Å²) in [5.74, 6) is 0.844. The number of carbonyl (C=O) groups excluding carboxylic acids is 1. The monoisotopic (exact) mass is 370 g/mol. The molecule has 0 unspecified atom stereocenters. The zero-order valence-electron chi connectivity index (χ0n) is 15.3. The van der Waals surface area contributed by atoms with E-state index in [2.05, 4.69) is 21.1 Å². The van der Waals surface area contributed by atoms with Crippen LogP contribution in [0.1, 0.15) is 16.8 Å². The molecule has 0 aliphatic carbocycles. The van der Waals surface area contributed by atoms with Crippen molar-refractivity contribution in [1.82, 2.24) is 21.1 Å². The molecule has 0 saturated heterocycles. The van der Waals surface area contributed by atoms with Crippen molar-refractivity contribution in [3.8, 4) is 17.2 Å². The zero-order valence-corrected chi connectivity index (χ0v) is 16.1. The van der Waals surface area contributed by atoms with Gasteiger partial charge in [-0.1, -0.05) is 0 Å². The molecular weight excluding hydrogens is 344 g/mol. The van der Waals surface area contributed by atoms with Crippen molar-refractivity contribution < 1.29 is 19.0 Å². The molecule has 1 aromatic carbocycles. The van der Waals surface area contributed by atoms with Crippen LogP contribution in [0.4, 0.5) is 0 Å². The lowest BCUT2D eigenvalue weighted by molar-refractivity contribution is 0.0943. The number of methoxy groups -OCH3 is 3. The van der Waals surface area contributed by atoms with E-state index in [1.807, 2.05) is 14.1 Å². The summed E-state index contributed by atoms with van der Waals surface area (Å²) in [6, 6.07) is 3.12. The third-order valence-electron chi connectivity index (χ3n) is 3.28. The Bertz CT molecular complexity index is 570. The van der Waals surface area contributed by atoms with E-state index in [1.165, 1.54) is 21.3 Å². The second-order valence-corrected chi connectivity index (χ2v) is 5.81. The number of nitrogens with zero attached hydrogens (tertiary/aromatic N) is 1. The van der Waals surface area contributed by atoms with Crippen molar-refractivity contribution in [2.45, 2.75) is 6.42 Å². The van der Waals surface area contributed by atoms with Crippen molar-refractivity contribution in [3.63, 3.8) is 0 Å². The Morgan fingerprint density at radius 1 is 1.08 bits per heavy atom. The van der Waals surface area contributed by atoms with E-state index in [-0.39, 0.29) is 5.91 Å². The van der Waals surface area contributed by atoms with Gasteiger partial charge in [0.1, 0.15) is 0 Å². The van der Waals surface area contributed by atoms with E-state index < -0.39 is 0 Å². The molecular formula is C16H26N4O4S. The lowest BCUT2D eigenvalue weighted by atomic mass is 10.1. The first-order valence-corrected chi connectivity index (χ1v) is 8.12. The highest BCUT2D eigenvalue weighted by Crippen LogP contribution is 2.38. The highest BCUT2D eigenvalue weighted by atomic mass is 32.1. The summed E-state index contributed by atoms with van der Waals surface area (Å²) in [5.41, 5.74) is 5.55. The molecule has 0 fully saturated rings. The largest absolute Gasteiger partial charge is 0.493 e. The second kappa shape index (κ2) is 10.6. The van der Waals surface area contributed by atoms with E-state index in [4.69, 9.17) is 26.4 Å². The summed E-state index contributed by atoms with van der Waals surface area (Å²) < 4.78 is 15.7. The molecule has 1 amide bonds. The Hall–Kier alpha value is -2.26. The van der Waals surface area contributed by atoms with Crippen LogP contribution in [-0.2, 0) is 0 Å². The number of ether oxygens (including phenoxy) is 3. The smallest absolute Gasteiger partial charge is 0.269 e. The zero-order chi connectivity index (χ0) is 18.8. The highest BCUT2D eigenvalue weighted by molar-refractivity contribution is 7.80. The molecule has 1 rings (SSSR count). The topological polar surface area (TPSA) is 84.1 Å². The van der Waals surface area contributed by atoms with Crippen LogP contribution < -0.4 is 30.4 Å². The fourth-order valence-corrected chi connectivity index (χ4v) is 2.19. The molecule has 0 spiro atoms. The van der Waals surface area contributed by atoms with Gasteiger partial charge in [0, 0.05) is 12.1 Å². The Morgan fingerprint density at radius 2 is 1.68 bits per heavy atom. The summed E-state index contributed by atoms with van der Waals surface area (Å²) in [5, 5.41) is 3.36. The van der Waals surface area contributed by atoms with Crippen LogP contribution >= 0.6 is 12.2 Å². The predicted octanol–water partition coefficient (Wildman–Crippen LogP) is 0.773. The normalized spacial score (nSPS) is 10.2. The van der Waals surface area contributed by atoms with Gasteiger partial charge in [-0.05, 0) is 51.4 Å². The number of amides is 1. The number of hydrogen-bond donors (Lipinski definition) is 3. The summed E-state index contributed by atoms with van der Waals surface area (Å²) >= 11 is 5.12. The number of nitrogens with one attached hydrogen (secondary N) is 3. The van der Waals surface area contributed by atoms with Crippen LogP contribution in [-0.4, -0.2) is 64.4 Å². The van der Waals surface area contributed by atoms with E-state index in [0.717, 1.165) is 13.0 Å². The number of hydrogen-bond acceptors (Lipinski definition) is 6. The molecule has 0 aliphatic heterocycles. The number of carbonyl (C=O) groups is 1. The minimum Gasteiger partial charge on any atom is -0.493 e. The van der Waals surface area contributed by atoms with Gasteiger partial charge in [-0.2, -0.15) is 0 Å². The maximum Gasteiger partial charge on any atom is 0.269 e. The number of thiocarbonyl (C=S) groups is 1. The SMILES string of the molecule is COc1cc(C(=O)NNC(=S)NCCCN(C)C)cc(OC)c1OC. The molecule has 0 aliphatic rings. The molecule has 0 radical (unpaired) electrons. The van der Waals surface area contributed by atoms with Crippen molar-refractivity contribution >= 4 is 23.2 Å². The van der Waals surface area contributed by atoms with Crippen molar-refractivity contribution in [2.24, 2.45) is 0 Å². The van der Waals surface area contributed by atoms with Crippen molar-refractivity contribution in [2.75, 3.05) is 48.5 Å². The van der Waals surface area contributed by atoms with E-state index in [9.17, 15) is 4.79 Å². The predicted molar refractivity (Wildman–Crippen MR) is 100 cm³/mol. The molecule has 0 atom stereocenters. The number of hydrazine groups is 1. The van der Waals surface area contributed by atoms with Crippen LogP contribution in [0, 0.1) is 0 Å². The van der Waals surface area contributed by atoms with Gasteiger partial charge in [0.15, 0.2) is 16.6 Å².